The normalized spacial score (nSPS) is 12.4. The zero-order valence-electron chi connectivity index (χ0n) is 9.21. The minimum absolute atomic E-state index is 0.191. The molecule has 1 aromatic carbocycles. The van der Waals surface area contributed by atoms with Crippen molar-refractivity contribution in [2.24, 2.45) is 5.73 Å². The molecule has 1 aromatic heterocycles. The SMILES string of the molecule is NCC(O)COc1ccc(-c2c[nH]nn2)cc1. The van der Waals surface area contributed by atoms with Crippen molar-refractivity contribution in [1.29, 1.82) is 0 Å². The summed E-state index contributed by atoms with van der Waals surface area (Å²) in [6.07, 6.45) is 1.08. The fraction of sp³-hybridized carbons (Fsp3) is 0.273. The van der Waals surface area contributed by atoms with Crippen molar-refractivity contribution < 1.29 is 9.84 Å². The number of ether oxygens (including phenoxy) is 1. The van der Waals surface area contributed by atoms with Crippen LogP contribution >= 0.6 is 0 Å². The molecule has 4 N–H and O–H groups in total. The van der Waals surface area contributed by atoms with Crippen molar-refractivity contribution in [3.05, 3.63) is 30.5 Å². The van der Waals surface area contributed by atoms with Gasteiger partial charge in [0.2, 0.25) is 0 Å². The van der Waals surface area contributed by atoms with E-state index in [2.05, 4.69) is 15.4 Å². The summed E-state index contributed by atoms with van der Waals surface area (Å²) in [5.41, 5.74) is 7.00. The minimum Gasteiger partial charge on any atom is -0.491 e. The first-order valence-electron chi connectivity index (χ1n) is 5.27. The molecule has 17 heavy (non-hydrogen) atoms. The van der Waals surface area contributed by atoms with Gasteiger partial charge in [0, 0.05) is 18.3 Å². The molecule has 6 nitrogen and oxygen atoms in total. The summed E-state index contributed by atoms with van der Waals surface area (Å²) in [6, 6.07) is 7.38. The van der Waals surface area contributed by atoms with Gasteiger partial charge in [-0.15, -0.1) is 5.10 Å². The van der Waals surface area contributed by atoms with Crippen LogP contribution in [0.5, 0.6) is 5.75 Å². The van der Waals surface area contributed by atoms with Gasteiger partial charge in [0.1, 0.15) is 24.2 Å². The lowest BCUT2D eigenvalue weighted by Gasteiger charge is -2.10. The molecule has 1 heterocycles. The third-order valence-electron chi connectivity index (χ3n) is 2.28. The Morgan fingerprint density at radius 3 is 2.71 bits per heavy atom. The molecule has 2 aromatic rings. The number of aliphatic hydroxyl groups is 1. The Hall–Kier alpha value is -1.92. The molecule has 0 aliphatic rings. The number of aliphatic hydroxyl groups excluding tert-OH is 1. The predicted octanol–water partition coefficient (Wildman–Crippen LogP) is 0.170. The number of benzene rings is 1. The van der Waals surface area contributed by atoms with Crippen LogP contribution in [0.2, 0.25) is 0 Å². The second kappa shape index (κ2) is 5.42. The number of aromatic nitrogens is 3. The number of nitrogens with one attached hydrogen (secondary N) is 1. The fourth-order valence-corrected chi connectivity index (χ4v) is 1.33. The lowest BCUT2D eigenvalue weighted by Crippen LogP contribution is -2.26. The van der Waals surface area contributed by atoms with Gasteiger partial charge in [-0.1, -0.05) is 5.21 Å². The van der Waals surface area contributed by atoms with Gasteiger partial charge in [-0.3, -0.25) is 5.10 Å². The molecule has 0 bridgehead atoms. The topological polar surface area (TPSA) is 97.1 Å². The van der Waals surface area contributed by atoms with Crippen LogP contribution in [0.3, 0.4) is 0 Å². The number of hydrogen-bond donors (Lipinski definition) is 3. The van der Waals surface area contributed by atoms with Gasteiger partial charge in [0.15, 0.2) is 0 Å². The highest BCUT2D eigenvalue weighted by atomic mass is 16.5. The number of nitrogens with two attached hydrogens (primary N) is 1. The zero-order valence-corrected chi connectivity index (χ0v) is 9.21. The lowest BCUT2D eigenvalue weighted by molar-refractivity contribution is 0.114. The molecule has 90 valence electrons. The molecule has 0 saturated heterocycles. The number of rotatable bonds is 5. The monoisotopic (exact) mass is 234 g/mol. The first-order chi connectivity index (χ1) is 8.29. The molecule has 0 saturated carbocycles. The minimum atomic E-state index is -0.634. The van der Waals surface area contributed by atoms with E-state index in [-0.39, 0.29) is 13.2 Å². The van der Waals surface area contributed by atoms with Crippen LogP contribution < -0.4 is 10.5 Å². The Kier molecular flexibility index (Phi) is 3.69. The van der Waals surface area contributed by atoms with Gasteiger partial charge in [-0.25, -0.2) is 0 Å². The maximum atomic E-state index is 9.25. The molecule has 1 atom stereocenters. The second-order valence-corrected chi connectivity index (χ2v) is 3.58. The van der Waals surface area contributed by atoms with E-state index in [0.29, 0.717) is 5.75 Å². The first kappa shape index (κ1) is 11.6. The summed E-state index contributed by atoms with van der Waals surface area (Å²) < 4.78 is 5.36. The van der Waals surface area contributed by atoms with Gasteiger partial charge in [-0.2, -0.15) is 0 Å². The van der Waals surface area contributed by atoms with E-state index in [9.17, 15) is 5.11 Å². The van der Waals surface area contributed by atoms with Crippen LogP contribution in [0.15, 0.2) is 30.5 Å². The van der Waals surface area contributed by atoms with Crippen molar-refractivity contribution in [2.75, 3.05) is 13.2 Å². The summed E-state index contributed by atoms with van der Waals surface area (Å²) in [5.74, 6) is 0.685. The molecule has 0 radical (unpaired) electrons. The van der Waals surface area contributed by atoms with Crippen LogP contribution in [0.4, 0.5) is 0 Å². The number of nitrogens with zero attached hydrogens (tertiary/aromatic N) is 2. The molecule has 0 spiro atoms. The van der Waals surface area contributed by atoms with Crippen molar-refractivity contribution in [2.45, 2.75) is 6.10 Å². The Labute approximate surface area is 98.4 Å². The van der Waals surface area contributed by atoms with Crippen LogP contribution in [0.1, 0.15) is 0 Å². The van der Waals surface area contributed by atoms with E-state index in [0.717, 1.165) is 11.3 Å². The van der Waals surface area contributed by atoms with Crippen molar-refractivity contribution in [3.63, 3.8) is 0 Å². The maximum Gasteiger partial charge on any atom is 0.119 e. The van der Waals surface area contributed by atoms with E-state index in [1.807, 2.05) is 24.3 Å². The third-order valence-corrected chi connectivity index (χ3v) is 2.28. The molecule has 0 fully saturated rings. The molecule has 2 rings (SSSR count). The Morgan fingerprint density at radius 1 is 1.35 bits per heavy atom. The molecule has 0 aliphatic heterocycles. The van der Waals surface area contributed by atoms with Crippen molar-refractivity contribution >= 4 is 0 Å². The zero-order chi connectivity index (χ0) is 12.1. The quantitative estimate of drug-likeness (QED) is 0.685. The van der Waals surface area contributed by atoms with Crippen LogP contribution in [-0.4, -0.2) is 39.8 Å². The third kappa shape index (κ3) is 3.02. The Bertz CT molecular complexity index is 441. The second-order valence-electron chi connectivity index (χ2n) is 3.58. The Morgan fingerprint density at radius 2 is 2.12 bits per heavy atom. The molecule has 6 heteroatoms. The van der Waals surface area contributed by atoms with E-state index in [4.69, 9.17) is 10.5 Å². The number of aromatic amines is 1. The largest absolute Gasteiger partial charge is 0.491 e. The maximum absolute atomic E-state index is 9.25. The standard InChI is InChI=1S/C11H14N4O2/c12-5-9(16)7-17-10-3-1-8(2-4-10)11-6-13-15-14-11/h1-4,6,9,16H,5,7,12H2,(H,13,14,15). The lowest BCUT2D eigenvalue weighted by atomic mass is 10.2. The number of H-pyrrole nitrogens is 1. The summed E-state index contributed by atoms with van der Waals surface area (Å²) >= 11 is 0. The molecule has 0 aliphatic carbocycles. The van der Waals surface area contributed by atoms with Crippen molar-refractivity contribution in [3.8, 4) is 17.0 Å². The summed E-state index contributed by atoms with van der Waals surface area (Å²) in [5, 5.41) is 19.4. The Balaban J connectivity index is 1.99. The van der Waals surface area contributed by atoms with Gasteiger partial charge in [-0.05, 0) is 24.3 Å². The van der Waals surface area contributed by atoms with Crippen LogP contribution in [0.25, 0.3) is 11.3 Å². The predicted molar refractivity (Wildman–Crippen MR) is 62.4 cm³/mol. The van der Waals surface area contributed by atoms with Gasteiger partial charge in [0.25, 0.3) is 0 Å². The van der Waals surface area contributed by atoms with E-state index >= 15 is 0 Å². The average molecular weight is 234 g/mol. The summed E-state index contributed by atoms with van der Waals surface area (Å²) in [7, 11) is 0. The van der Waals surface area contributed by atoms with E-state index in [1.54, 1.807) is 6.20 Å². The highest BCUT2D eigenvalue weighted by Crippen LogP contribution is 2.19. The molecule has 1 unspecified atom stereocenters. The molecule has 0 amide bonds. The van der Waals surface area contributed by atoms with Crippen LogP contribution in [-0.2, 0) is 0 Å². The van der Waals surface area contributed by atoms with Gasteiger partial charge in [0.05, 0.1) is 0 Å². The van der Waals surface area contributed by atoms with E-state index < -0.39 is 6.10 Å². The fourth-order valence-electron chi connectivity index (χ4n) is 1.33. The van der Waals surface area contributed by atoms with E-state index in [1.165, 1.54) is 0 Å². The highest BCUT2D eigenvalue weighted by molar-refractivity contribution is 5.58. The highest BCUT2D eigenvalue weighted by Gasteiger charge is 2.03. The van der Waals surface area contributed by atoms with Crippen molar-refractivity contribution in [1.82, 2.24) is 15.4 Å². The molecular weight excluding hydrogens is 220 g/mol. The first-order valence-corrected chi connectivity index (χ1v) is 5.27. The van der Waals surface area contributed by atoms with Crippen LogP contribution in [0, 0.1) is 0 Å². The van der Waals surface area contributed by atoms with Gasteiger partial charge < -0.3 is 15.6 Å². The number of hydrogen-bond acceptors (Lipinski definition) is 5. The summed E-state index contributed by atoms with van der Waals surface area (Å²) in [6.45, 7) is 0.386. The summed E-state index contributed by atoms with van der Waals surface area (Å²) in [4.78, 5) is 0. The van der Waals surface area contributed by atoms with Gasteiger partial charge >= 0.3 is 0 Å². The smallest absolute Gasteiger partial charge is 0.119 e. The average Bonchev–Trinajstić information content (AvgIpc) is 2.90. The molecular formula is C11H14N4O2.